The van der Waals surface area contributed by atoms with Gasteiger partial charge in [0, 0.05) is 10.0 Å². The van der Waals surface area contributed by atoms with Gasteiger partial charge in [-0.25, -0.2) is 14.2 Å². The number of carbonyl (C=O) groups excluding carboxylic acids is 1. The number of esters is 1. The SMILES string of the molecule is CCOC(=O)C1=C(c2ccccc2)N=c2s/c(=C\c3cc(Br)c(OCc4ccc(Br)cc4)c(OC)c3)c(=O)n2[C@@H]1c1ccc(F)cc1. The molecule has 2 heterocycles. The highest BCUT2D eigenvalue weighted by Gasteiger charge is 2.35. The average molecular weight is 778 g/mol. The fourth-order valence-electron chi connectivity index (χ4n) is 5.25. The highest BCUT2D eigenvalue weighted by Crippen LogP contribution is 2.38. The fraction of sp³-hybridized carbons (Fsp3) is 0.139. The average Bonchev–Trinajstić information content (AvgIpc) is 3.38. The molecule has 0 unspecified atom stereocenters. The first-order valence-corrected chi connectivity index (χ1v) is 17.0. The van der Waals surface area contributed by atoms with E-state index in [1.54, 1.807) is 38.3 Å². The van der Waals surface area contributed by atoms with Gasteiger partial charge in [-0.05, 0) is 82.0 Å². The molecular formula is C36H27Br2FN2O5S. The molecule has 1 aliphatic rings. The minimum atomic E-state index is -0.904. The van der Waals surface area contributed by atoms with E-state index in [4.69, 9.17) is 19.2 Å². The van der Waals surface area contributed by atoms with Crippen molar-refractivity contribution in [2.75, 3.05) is 13.7 Å². The summed E-state index contributed by atoms with van der Waals surface area (Å²) in [4.78, 5) is 33.0. The number of rotatable bonds is 9. The summed E-state index contributed by atoms with van der Waals surface area (Å²) in [6, 6.07) is 25.6. The monoisotopic (exact) mass is 776 g/mol. The Labute approximate surface area is 290 Å². The van der Waals surface area contributed by atoms with Crippen molar-refractivity contribution in [3.05, 3.63) is 153 Å². The van der Waals surface area contributed by atoms with E-state index in [-0.39, 0.29) is 17.7 Å². The van der Waals surface area contributed by atoms with Gasteiger partial charge in [0.25, 0.3) is 5.56 Å². The normalized spacial score (nSPS) is 14.4. The maximum absolute atomic E-state index is 14.2. The van der Waals surface area contributed by atoms with Crippen LogP contribution in [0.2, 0.25) is 0 Å². The van der Waals surface area contributed by atoms with Crippen LogP contribution in [-0.2, 0) is 16.1 Å². The topological polar surface area (TPSA) is 79.1 Å². The Balaban J connectivity index is 1.48. The number of hydrogen-bond acceptors (Lipinski definition) is 7. The van der Waals surface area contributed by atoms with Crippen molar-refractivity contribution >= 4 is 60.9 Å². The first kappa shape index (κ1) is 32.6. The van der Waals surface area contributed by atoms with Crippen LogP contribution in [0.25, 0.3) is 11.8 Å². The molecule has 47 heavy (non-hydrogen) atoms. The van der Waals surface area contributed by atoms with Crippen LogP contribution in [0.15, 0.2) is 115 Å². The summed E-state index contributed by atoms with van der Waals surface area (Å²) in [7, 11) is 1.55. The molecule has 1 atom stereocenters. The van der Waals surface area contributed by atoms with E-state index in [1.165, 1.54) is 28.0 Å². The Bertz CT molecular complexity index is 2160. The van der Waals surface area contributed by atoms with Crippen molar-refractivity contribution in [2.45, 2.75) is 19.6 Å². The third-order valence-corrected chi connectivity index (χ3v) is 9.51. The molecule has 7 nitrogen and oxygen atoms in total. The zero-order valence-electron chi connectivity index (χ0n) is 25.2. The molecule has 4 aromatic carbocycles. The van der Waals surface area contributed by atoms with Gasteiger partial charge in [-0.2, -0.15) is 0 Å². The lowest BCUT2D eigenvalue weighted by molar-refractivity contribution is -0.138. The number of halogens is 3. The van der Waals surface area contributed by atoms with E-state index < -0.39 is 17.8 Å². The number of thiazole rings is 1. The molecule has 0 spiro atoms. The van der Waals surface area contributed by atoms with E-state index in [0.29, 0.717) is 54.3 Å². The zero-order chi connectivity index (χ0) is 33.1. The van der Waals surface area contributed by atoms with Crippen molar-refractivity contribution in [2.24, 2.45) is 4.99 Å². The van der Waals surface area contributed by atoms with Crippen LogP contribution in [-0.4, -0.2) is 24.3 Å². The van der Waals surface area contributed by atoms with Crippen LogP contribution in [0, 0.1) is 5.82 Å². The van der Waals surface area contributed by atoms with Crippen molar-refractivity contribution in [1.29, 1.82) is 0 Å². The molecule has 0 amide bonds. The Morgan fingerprint density at radius 3 is 2.43 bits per heavy atom. The number of ether oxygens (including phenoxy) is 3. The lowest BCUT2D eigenvalue weighted by Gasteiger charge is -2.25. The number of nitrogens with zero attached hydrogens (tertiary/aromatic N) is 2. The van der Waals surface area contributed by atoms with Gasteiger partial charge in [-0.1, -0.05) is 81.9 Å². The third-order valence-electron chi connectivity index (χ3n) is 7.41. The van der Waals surface area contributed by atoms with Gasteiger partial charge in [0.1, 0.15) is 12.4 Å². The summed E-state index contributed by atoms with van der Waals surface area (Å²) in [6.45, 7) is 2.17. The third kappa shape index (κ3) is 6.88. The maximum atomic E-state index is 14.2. The zero-order valence-corrected chi connectivity index (χ0v) is 29.2. The summed E-state index contributed by atoms with van der Waals surface area (Å²) in [5.74, 6) is -0.0337. The molecule has 0 saturated carbocycles. The van der Waals surface area contributed by atoms with Crippen molar-refractivity contribution in [1.82, 2.24) is 4.57 Å². The molecule has 0 fully saturated rings. The predicted octanol–water partition coefficient (Wildman–Crippen LogP) is 7.19. The van der Waals surface area contributed by atoms with E-state index in [9.17, 15) is 14.0 Å². The van der Waals surface area contributed by atoms with Crippen LogP contribution < -0.4 is 24.4 Å². The second-order valence-electron chi connectivity index (χ2n) is 10.4. The summed E-state index contributed by atoms with van der Waals surface area (Å²) in [6.07, 6.45) is 1.74. The van der Waals surface area contributed by atoms with Crippen LogP contribution in [0.1, 0.15) is 35.2 Å². The predicted molar refractivity (Wildman–Crippen MR) is 187 cm³/mol. The van der Waals surface area contributed by atoms with E-state index in [0.717, 1.165) is 10.0 Å². The Hall–Kier alpha value is -4.32. The van der Waals surface area contributed by atoms with Crippen molar-refractivity contribution in [3.63, 3.8) is 0 Å². The molecule has 0 aliphatic carbocycles. The lowest BCUT2D eigenvalue weighted by atomic mass is 9.93. The summed E-state index contributed by atoms with van der Waals surface area (Å²) < 4.78 is 34.8. The number of fused-ring (bicyclic) bond motifs is 1. The fourth-order valence-corrected chi connectivity index (χ4v) is 7.09. The van der Waals surface area contributed by atoms with Gasteiger partial charge in [0.05, 0.1) is 40.0 Å². The van der Waals surface area contributed by atoms with Crippen LogP contribution >= 0.6 is 43.2 Å². The second-order valence-corrected chi connectivity index (χ2v) is 13.2. The highest BCUT2D eigenvalue weighted by atomic mass is 79.9. The number of aromatic nitrogens is 1. The summed E-state index contributed by atoms with van der Waals surface area (Å²) in [5.41, 5.74) is 3.13. The molecular weight excluding hydrogens is 751 g/mol. The maximum Gasteiger partial charge on any atom is 0.338 e. The molecule has 6 rings (SSSR count). The number of benzene rings is 4. The standard InChI is InChI=1S/C36H27Br2FN2O5S/c1-3-45-35(43)30-31(23-7-5-4-6-8-23)40-36-41(32(30)24-11-15-26(39)16-12-24)34(42)29(47-36)19-22-17-27(38)33(28(18-22)44-2)46-20-21-9-13-25(37)14-10-21/h4-19,32H,3,20H2,1-2H3/b29-19-/t32-/m1/s1. The summed E-state index contributed by atoms with van der Waals surface area (Å²) >= 11 is 8.25. The second kappa shape index (κ2) is 14.2. The van der Waals surface area contributed by atoms with E-state index >= 15 is 0 Å². The number of methoxy groups -OCH3 is 1. The van der Waals surface area contributed by atoms with Crippen LogP contribution in [0.3, 0.4) is 0 Å². The Kier molecular flexibility index (Phi) is 9.86. The first-order chi connectivity index (χ1) is 22.8. The summed E-state index contributed by atoms with van der Waals surface area (Å²) in [5, 5.41) is 0. The molecule has 1 aromatic heterocycles. The molecule has 0 saturated heterocycles. The number of carbonyl (C=O) groups is 1. The first-order valence-electron chi connectivity index (χ1n) is 14.6. The van der Waals surface area contributed by atoms with Crippen LogP contribution in [0.5, 0.6) is 11.5 Å². The lowest BCUT2D eigenvalue weighted by Crippen LogP contribution is -2.40. The highest BCUT2D eigenvalue weighted by molar-refractivity contribution is 9.10. The van der Waals surface area contributed by atoms with E-state index in [1.807, 2.05) is 60.7 Å². The molecule has 238 valence electrons. The Morgan fingerprint density at radius 1 is 1.02 bits per heavy atom. The van der Waals surface area contributed by atoms with Gasteiger partial charge < -0.3 is 14.2 Å². The Morgan fingerprint density at radius 2 is 1.74 bits per heavy atom. The van der Waals surface area contributed by atoms with Gasteiger partial charge >= 0.3 is 5.97 Å². The molecule has 0 radical (unpaired) electrons. The van der Waals surface area contributed by atoms with Crippen LogP contribution in [0.4, 0.5) is 4.39 Å². The molecule has 0 N–H and O–H groups in total. The molecule has 0 bridgehead atoms. The van der Waals surface area contributed by atoms with Crippen molar-refractivity contribution < 1.29 is 23.4 Å². The largest absolute Gasteiger partial charge is 0.493 e. The van der Waals surface area contributed by atoms with E-state index in [2.05, 4.69) is 31.9 Å². The quantitative estimate of drug-likeness (QED) is 0.148. The minimum Gasteiger partial charge on any atom is -0.493 e. The molecule has 1 aliphatic heterocycles. The van der Waals surface area contributed by atoms with Gasteiger partial charge in [0.15, 0.2) is 16.3 Å². The number of hydrogen-bond donors (Lipinski definition) is 0. The smallest absolute Gasteiger partial charge is 0.338 e. The van der Waals surface area contributed by atoms with Gasteiger partial charge in [-0.3, -0.25) is 9.36 Å². The molecule has 5 aromatic rings. The van der Waals surface area contributed by atoms with Gasteiger partial charge in [-0.15, -0.1) is 0 Å². The van der Waals surface area contributed by atoms with Gasteiger partial charge in [0.2, 0.25) is 0 Å². The minimum absolute atomic E-state index is 0.129. The van der Waals surface area contributed by atoms with Crippen molar-refractivity contribution in [3.8, 4) is 11.5 Å². The molecule has 11 heteroatoms.